The lowest BCUT2D eigenvalue weighted by Crippen LogP contribution is -2.64. The molecule has 0 aromatic heterocycles. The molecule has 0 spiro atoms. The van der Waals surface area contributed by atoms with Gasteiger partial charge < -0.3 is 39.9 Å². The lowest BCUT2D eigenvalue weighted by molar-refractivity contribution is -0.220. The van der Waals surface area contributed by atoms with Gasteiger partial charge in [-0.2, -0.15) is 0 Å². The molecule has 63 heavy (non-hydrogen) atoms. The van der Waals surface area contributed by atoms with Gasteiger partial charge in [-0.25, -0.2) is 4.57 Å². The van der Waals surface area contributed by atoms with Crippen LogP contribution < -0.4 is 0 Å². The molecule has 8 atom stereocenters. The number of carbonyl (C=O) groups is 2. The van der Waals surface area contributed by atoms with Crippen LogP contribution in [-0.2, 0) is 32.7 Å². The Morgan fingerprint density at radius 3 is 1.35 bits per heavy atom. The van der Waals surface area contributed by atoms with Gasteiger partial charge in [0.05, 0.1) is 6.61 Å². The fourth-order valence-electron chi connectivity index (χ4n) is 7.42. The van der Waals surface area contributed by atoms with Crippen LogP contribution in [-0.4, -0.2) is 98.3 Å². The molecule has 14 heteroatoms. The van der Waals surface area contributed by atoms with Crippen LogP contribution >= 0.6 is 7.82 Å². The molecule has 0 heterocycles. The topological polar surface area (TPSA) is 210 Å². The second-order valence-electron chi connectivity index (χ2n) is 17.3. The molecule has 1 saturated carbocycles. The second-order valence-corrected chi connectivity index (χ2v) is 18.7. The summed E-state index contributed by atoms with van der Waals surface area (Å²) in [5, 5.41) is 50.2. The molecule has 6 unspecified atom stereocenters. The number of aliphatic hydroxyl groups excluding tert-OH is 5. The minimum Gasteiger partial charge on any atom is -0.462 e. The van der Waals surface area contributed by atoms with Crippen molar-refractivity contribution >= 4 is 19.8 Å². The highest BCUT2D eigenvalue weighted by molar-refractivity contribution is 7.47. The largest absolute Gasteiger partial charge is 0.472 e. The summed E-state index contributed by atoms with van der Waals surface area (Å²) in [4.78, 5) is 35.8. The minimum atomic E-state index is -5.12. The van der Waals surface area contributed by atoms with E-state index in [4.69, 9.17) is 18.5 Å². The van der Waals surface area contributed by atoms with Crippen molar-refractivity contribution in [3.05, 3.63) is 36.5 Å². The number of ether oxygens (including phenoxy) is 2. The van der Waals surface area contributed by atoms with Crippen LogP contribution in [0.1, 0.15) is 206 Å². The first-order valence-corrected chi connectivity index (χ1v) is 26.3. The number of unbranched alkanes of at least 4 members (excludes halogenated alkanes) is 23. The maximum atomic E-state index is 12.8. The molecule has 0 bridgehead atoms. The Morgan fingerprint density at radius 1 is 0.492 bits per heavy atom. The van der Waals surface area contributed by atoms with Gasteiger partial charge in [0.2, 0.25) is 0 Å². The van der Waals surface area contributed by atoms with Crippen LogP contribution in [0.3, 0.4) is 0 Å². The third-order valence-corrected chi connectivity index (χ3v) is 12.4. The van der Waals surface area contributed by atoms with Crippen molar-refractivity contribution in [2.75, 3.05) is 13.2 Å². The van der Waals surface area contributed by atoms with Gasteiger partial charge in [-0.3, -0.25) is 18.6 Å². The number of hydrogen-bond donors (Lipinski definition) is 6. The monoisotopic (exact) mass is 917 g/mol. The number of carbonyl (C=O) groups excluding carboxylic acids is 2. The summed E-state index contributed by atoms with van der Waals surface area (Å²) in [6.45, 7) is 3.26. The molecule has 0 saturated heterocycles. The number of phosphoric acid groups is 1. The van der Waals surface area contributed by atoms with Crippen molar-refractivity contribution in [2.24, 2.45) is 0 Å². The van der Waals surface area contributed by atoms with E-state index in [1.54, 1.807) is 0 Å². The van der Waals surface area contributed by atoms with Gasteiger partial charge in [0.15, 0.2) is 6.10 Å². The first kappa shape index (κ1) is 59.1. The summed E-state index contributed by atoms with van der Waals surface area (Å²) in [5.74, 6) is -1.10. The van der Waals surface area contributed by atoms with E-state index in [-0.39, 0.29) is 12.8 Å². The second kappa shape index (κ2) is 39.3. The molecule has 6 N–H and O–H groups in total. The average molecular weight is 917 g/mol. The first-order valence-electron chi connectivity index (χ1n) is 24.8. The van der Waals surface area contributed by atoms with Crippen molar-refractivity contribution in [2.45, 2.75) is 249 Å². The molecule has 368 valence electrons. The van der Waals surface area contributed by atoms with Gasteiger partial charge in [-0.05, 0) is 64.2 Å². The van der Waals surface area contributed by atoms with E-state index in [2.05, 4.69) is 50.3 Å². The molecule has 1 fully saturated rings. The zero-order valence-corrected chi connectivity index (χ0v) is 40.0. The highest BCUT2D eigenvalue weighted by atomic mass is 31.2. The standard InChI is InChI=1S/C49H89O13P/c1-3-5-7-9-11-13-15-17-19-20-21-22-24-25-27-29-31-33-35-37-42(50)59-39-41(40-60-63(57,58)62-49-47(55)45(53)44(52)46(54)48(49)56)61-43(51)38-36-34-32-30-28-26-23-18-16-14-12-10-8-6-4-2/h10-13,17,19,41,44-49,52-56H,3-9,14-16,18,20-40H2,1-2H3,(H,57,58)/b12-10+,13-11+,19-17+/t41-,44?,45-,46?,47?,48?,49?/m0/s1. The van der Waals surface area contributed by atoms with Gasteiger partial charge in [0.1, 0.15) is 43.2 Å². The lowest BCUT2D eigenvalue weighted by Gasteiger charge is -2.41. The number of esters is 2. The normalized spacial score (nSPS) is 22.0. The van der Waals surface area contributed by atoms with Crippen molar-refractivity contribution < 1.29 is 63.1 Å². The molecule has 13 nitrogen and oxygen atoms in total. The average Bonchev–Trinajstić information content (AvgIpc) is 3.26. The number of phosphoric ester groups is 1. The molecule has 1 aliphatic rings. The Bertz CT molecular complexity index is 1240. The van der Waals surface area contributed by atoms with E-state index >= 15 is 0 Å². The van der Waals surface area contributed by atoms with Crippen LogP contribution in [0.5, 0.6) is 0 Å². The lowest BCUT2D eigenvalue weighted by atomic mass is 9.85. The fourth-order valence-corrected chi connectivity index (χ4v) is 8.39. The highest BCUT2D eigenvalue weighted by Crippen LogP contribution is 2.47. The van der Waals surface area contributed by atoms with E-state index in [9.17, 15) is 44.6 Å². The van der Waals surface area contributed by atoms with Crippen molar-refractivity contribution in [3.8, 4) is 0 Å². The molecule has 0 aliphatic heterocycles. The Balaban J connectivity index is 2.41. The predicted octanol–water partition coefficient (Wildman–Crippen LogP) is 10.2. The van der Waals surface area contributed by atoms with Gasteiger partial charge in [0.25, 0.3) is 0 Å². The Morgan fingerprint density at radius 2 is 0.873 bits per heavy atom. The number of allylic oxidation sites excluding steroid dienone is 6. The molecule has 0 radical (unpaired) electrons. The van der Waals surface area contributed by atoms with Gasteiger partial charge in [-0.15, -0.1) is 0 Å². The van der Waals surface area contributed by atoms with E-state index < -0.39 is 75.7 Å². The maximum absolute atomic E-state index is 12.8. The molecule has 0 aromatic carbocycles. The zero-order chi connectivity index (χ0) is 46.4. The molecule has 1 aliphatic carbocycles. The summed E-state index contributed by atoms with van der Waals surface area (Å²) < 4.78 is 33.6. The van der Waals surface area contributed by atoms with Crippen molar-refractivity contribution in [3.63, 3.8) is 0 Å². The number of rotatable bonds is 41. The van der Waals surface area contributed by atoms with Crippen LogP contribution in [0.2, 0.25) is 0 Å². The van der Waals surface area contributed by atoms with E-state index in [0.29, 0.717) is 12.8 Å². The Kier molecular flexibility index (Phi) is 36.8. The first-order chi connectivity index (χ1) is 30.4. The third-order valence-electron chi connectivity index (χ3n) is 11.5. The quantitative estimate of drug-likeness (QED) is 0.0146. The molecular weight excluding hydrogens is 828 g/mol. The summed E-state index contributed by atoms with van der Waals surface area (Å²) in [6, 6.07) is 0. The van der Waals surface area contributed by atoms with Crippen LogP contribution in [0.25, 0.3) is 0 Å². The molecule has 0 aromatic rings. The van der Waals surface area contributed by atoms with E-state index in [1.807, 2.05) is 0 Å². The van der Waals surface area contributed by atoms with Gasteiger partial charge >= 0.3 is 19.8 Å². The van der Waals surface area contributed by atoms with Gasteiger partial charge in [0, 0.05) is 12.8 Å². The third kappa shape index (κ3) is 31.6. The summed E-state index contributed by atoms with van der Waals surface area (Å²) in [6.07, 6.45) is 31.9. The maximum Gasteiger partial charge on any atom is 0.472 e. The van der Waals surface area contributed by atoms with E-state index in [0.717, 1.165) is 70.6 Å². The Hall–Kier alpha value is -1.93. The van der Waals surface area contributed by atoms with Crippen molar-refractivity contribution in [1.29, 1.82) is 0 Å². The molecule has 1 rings (SSSR count). The Labute approximate surface area is 380 Å². The number of aliphatic hydroxyl groups is 5. The predicted molar refractivity (Wildman–Crippen MR) is 249 cm³/mol. The summed E-state index contributed by atoms with van der Waals surface area (Å²) in [7, 11) is -5.12. The van der Waals surface area contributed by atoms with Crippen LogP contribution in [0.15, 0.2) is 36.5 Å². The molecule has 0 amide bonds. The summed E-state index contributed by atoms with van der Waals surface area (Å²) in [5.41, 5.74) is 0. The summed E-state index contributed by atoms with van der Waals surface area (Å²) >= 11 is 0. The zero-order valence-electron chi connectivity index (χ0n) is 39.1. The van der Waals surface area contributed by atoms with Gasteiger partial charge in [-0.1, -0.05) is 166 Å². The SMILES string of the molecule is CCCC/C=C/CCCCCCCCCCCC(=O)O[C@@H](COC(=O)CCCCCCCCCCC/C=C/C/C=C/CCCCC)COP(=O)(O)OC1C(O)C(O)C(O)[C@H](O)C1O. The molecular formula is C49H89O13P. The van der Waals surface area contributed by atoms with Crippen LogP contribution in [0, 0.1) is 0 Å². The van der Waals surface area contributed by atoms with Crippen molar-refractivity contribution in [1.82, 2.24) is 0 Å². The number of hydrogen-bond acceptors (Lipinski definition) is 12. The highest BCUT2D eigenvalue weighted by Gasteiger charge is 2.51. The van der Waals surface area contributed by atoms with E-state index in [1.165, 1.54) is 96.3 Å². The fraction of sp³-hybridized carbons (Fsp3) is 0.837. The smallest absolute Gasteiger partial charge is 0.462 e. The minimum absolute atomic E-state index is 0.0940. The van der Waals surface area contributed by atoms with Crippen LogP contribution in [0.4, 0.5) is 0 Å².